The zero-order valence-electron chi connectivity index (χ0n) is 14.0. The maximum absolute atomic E-state index is 12.7. The van der Waals surface area contributed by atoms with Gasteiger partial charge < -0.3 is 4.52 Å². The predicted molar refractivity (Wildman–Crippen MR) is 92.9 cm³/mol. The zero-order valence-corrected chi connectivity index (χ0v) is 14.8. The highest BCUT2D eigenvalue weighted by molar-refractivity contribution is 7.16. The second kappa shape index (κ2) is 5.26. The number of nitrogens with zero attached hydrogens (tertiary/aromatic N) is 5. The van der Waals surface area contributed by atoms with Crippen molar-refractivity contribution >= 4 is 22.4 Å². The highest BCUT2D eigenvalue weighted by Crippen LogP contribution is 2.41. The van der Waals surface area contributed by atoms with Crippen molar-refractivity contribution in [2.45, 2.75) is 31.6 Å². The van der Waals surface area contributed by atoms with Crippen LogP contribution in [0.5, 0.6) is 0 Å². The van der Waals surface area contributed by atoms with E-state index in [0.717, 1.165) is 42.7 Å². The molecule has 0 N–H and O–H groups in total. The van der Waals surface area contributed by atoms with Crippen LogP contribution in [-0.2, 0) is 19.9 Å². The number of hydrogen-bond acceptors (Lipinski definition) is 6. The fourth-order valence-electron chi connectivity index (χ4n) is 3.26. The lowest BCUT2D eigenvalue weighted by Gasteiger charge is -2.11. The quantitative estimate of drug-likeness (QED) is 0.722. The van der Waals surface area contributed by atoms with E-state index in [-0.39, 0.29) is 5.91 Å². The second-order valence-corrected chi connectivity index (χ2v) is 7.71. The third kappa shape index (κ3) is 2.31. The summed E-state index contributed by atoms with van der Waals surface area (Å²) in [5.74, 6) is 1.07. The summed E-state index contributed by atoms with van der Waals surface area (Å²) < 4.78 is 7.20. The molecule has 2 aliphatic rings. The molecule has 3 aromatic heterocycles. The minimum atomic E-state index is -0.187. The number of hydrogen-bond donors (Lipinski definition) is 0. The minimum absolute atomic E-state index is 0.187. The third-order valence-corrected chi connectivity index (χ3v) is 6.10. The van der Waals surface area contributed by atoms with Crippen molar-refractivity contribution in [1.29, 1.82) is 0 Å². The molecule has 2 aliphatic carbocycles. The molecule has 0 aromatic carbocycles. The lowest BCUT2D eigenvalue weighted by atomic mass is 10.0. The maximum Gasteiger partial charge on any atom is 0.281 e. The molecule has 128 valence electrons. The predicted octanol–water partition coefficient (Wildman–Crippen LogP) is 2.78. The van der Waals surface area contributed by atoms with E-state index in [2.05, 4.69) is 10.3 Å². The summed E-state index contributed by atoms with van der Waals surface area (Å²) in [5.41, 5.74) is 3.57. The van der Waals surface area contributed by atoms with Crippen molar-refractivity contribution in [1.82, 2.24) is 19.9 Å². The number of aromatic nitrogens is 4. The molecule has 0 spiro atoms. The molecule has 1 fully saturated rings. The zero-order chi connectivity index (χ0) is 17.1. The Morgan fingerprint density at radius 1 is 1.40 bits per heavy atom. The van der Waals surface area contributed by atoms with Crippen LogP contribution in [0.2, 0.25) is 0 Å². The van der Waals surface area contributed by atoms with Gasteiger partial charge in [0.25, 0.3) is 5.91 Å². The molecule has 1 saturated carbocycles. The number of anilines is 1. The van der Waals surface area contributed by atoms with Crippen molar-refractivity contribution in [2.75, 3.05) is 11.9 Å². The molecule has 0 saturated heterocycles. The number of thiazole rings is 1. The van der Waals surface area contributed by atoms with Crippen molar-refractivity contribution in [3.05, 3.63) is 34.3 Å². The molecule has 0 atom stereocenters. The Morgan fingerprint density at radius 2 is 2.24 bits per heavy atom. The van der Waals surface area contributed by atoms with E-state index in [9.17, 15) is 4.79 Å². The van der Waals surface area contributed by atoms with Gasteiger partial charge in [-0.2, -0.15) is 5.10 Å². The van der Waals surface area contributed by atoms with Crippen LogP contribution in [0.1, 0.15) is 45.6 Å². The topological polar surface area (TPSA) is 77.1 Å². The summed E-state index contributed by atoms with van der Waals surface area (Å²) in [6.07, 6.45) is 5.97. The highest BCUT2D eigenvalue weighted by Gasteiger charge is 2.31. The Morgan fingerprint density at radius 3 is 3.04 bits per heavy atom. The summed E-state index contributed by atoms with van der Waals surface area (Å²) in [7, 11) is 3.69. The van der Waals surface area contributed by atoms with Crippen LogP contribution in [-0.4, -0.2) is 32.9 Å². The molecule has 0 radical (unpaired) electrons. The van der Waals surface area contributed by atoms with Gasteiger partial charge in [-0.1, -0.05) is 5.16 Å². The van der Waals surface area contributed by atoms with E-state index in [1.807, 2.05) is 17.9 Å². The van der Waals surface area contributed by atoms with Crippen LogP contribution < -0.4 is 4.90 Å². The molecule has 7 nitrogen and oxygen atoms in total. The van der Waals surface area contributed by atoms with Crippen molar-refractivity contribution in [2.24, 2.45) is 7.05 Å². The SMILES string of the molecule is CN(C(=O)c1cc(C2CC2)on1)c1nc2c(s1)CCc1c-2cnn1C. The van der Waals surface area contributed by atoms with E-state index >= 15 is 0 Å². The first-order valence-electron chi connectivity index (χ1n) is 8.37. The number of fused-ring (bicyclic) bond motifs is 3. The van der Waals surface area contributed by atoms with Gasteiger partial charge in [0, 0.05) is 42.2 Å². The highest BCUT2D eigenvalue weighted by atomic mass is 32.1. The minimum Gasteiger partial charge on any atom is -0.360 e. The van der Waals surface area contributed by atoms with E-state index in [4.69, 9.17) is 9.51 Å². The Balaban J connectivity index is 1.45. The summed E-state index contributed by atoms with van der Waals surface area (Å²) in [5, 5.41) is 8.96. The van der Waals surface area contributed by atoms with Crippen LogP contribution in [0.15, 0.2) is 16.8 Å². The van der Waals surface area contributed by atoms with Crippen LogP contribution in [0.4, 0.5) is 5.13 Å². The summed E-state index contributed by atoms with van der Waals surface area (Å²) >= 11 is 1.56. The molecule has 0 bridgehead atoms. The largest absolute Gasteiger partial charge is 0.360 e. The van der Waals surface area contributed by atoms with Crippen molar-refractivity contribution in [3.63, 3.8) is 0 Å². The van der Waals surface area contributed by atoms with Gasteiger partial charge in [0.15, 0.2) is 10.8 Å². The third-order valence-electron chi connectivity index (χ3n) is 4.91. The Hall–Kier alpha value is -2.48. The van der Waals surface area contributed by atoms with Gasteiger partial charge in [-0.25, -0.2) is 4.98 Å². The van der Waals surface area contributed by atoms with E-state index in [0.29, 0.717) is 16.7 Å². The van der Waals surface area contributed by atoms with Gasteiger partial charge in [-0.05, 0) is 25.7 Å². The van der Waals surface area contributed by atoms with E-state index < -0.39 is 0 Å². The maximum atomic E-state index is 12.7. The monoisotopic (exact) mass is 355 g/mol. The normalized spacial score (nSPS) is 15.8. The molecule has 1 amide bonds. The lowest BCUT2D eigenvalue weighted by Crippen LogP contribution is -2.26. The first-order chi connectivity index (χ1) is 12.1. The molecule has 3 heterocycles. The Labute approximate surface area is 148 Å². The van der Waals surface area contributed by atoms with E-state index in [1.165, 1.54) is 10.6 Å². The van der Waals surface area contributed by atoms with Gasteiger partial charge in [0.2, 0.25) is 0 Å². The number of rotatable bonds is 3. The fourth-order valence-corrected chi connectivity index (χ4v) is 4.29. The van der Waals surface area contributed by atoms with Crippen molar-refractivity contribution < 1.29 is 9.32 Å². The lowest BCUT2D eigenvalue weighted by molar-refractivity contribution is 0.0984. The van der Waals surface area contributed by atoms with Gasteiger partial charge in [-0.3, -0.25) is 14.4 Å². The standard InChI is InChI=1S/C17H17N5O2S/c1-21(16(23)11-7-13(24-20-11)9-3-4-9)17-19-15-10-8-18-22(2)12(10)5-6-14(15)25-17/h7-9H,3-6H2,1-2H3. The molecule has 3 aromatic rings. The van der Waals surface area contributed by atoms with Crippen LogP contribution >= 0.6 is 11.3 Å². The average Bonchev–Trinajstić information content (AvgIpc) is 3.05. The molecule has 8 heteroatoms. The molecular weight excluding hydrogens is 338 g/mol. The number of carbonyl (C=O) groups excluding carboxylic acids is 1. The van der Waals surface area contributed by atoms with Crippen LogP contribution in [0, 0.1) is 0 Å². The molecular formula is C17H17N5O2S. The van der Waals surface area contributed by atoms with Crippen molar-refractivity contribution in [3.8, 4) is 11.3 Å². The number of aryl methyl sites for hydroxylation is 2. The molecule has 0 unspecified atom stereocenters. The Bertz CT molecular complexity index is 981. The number of amides is 1. The van der Waals surface area contributed by atoms with Crippen LogP contribution in [0.25, 0.3) is 11.3 Å². The first kappa shape index (κ1) is 14.8. The fraction of sp³-hybridized carbons (Fsp3) is 0.412. The molecule has 25 heavy (non-hydrogen) atoms. The second-order valence-electron chi connectivity index (χ2n) is 6.65. The summed E-state index contributed by atoms with van der Waals surface area (Å²) in [4.78, 5) is 20.2. The van der Waals surface area contributed by atoms with Gasteiger partial charge in [0.1, 0.15) is 5.76 Å². The summed E-state index contributed by atoms with van der Waals surface area (Å²) in [6, 6.07) is 1.77. The summed E-state index contributed by atoms with van der Waals surface area (Å²) in [6.45, 7) is 0. The smallest absolute Gasteiger partial charge is 0.281 e. The number of carbonyl (C=O) groups is 1. The first-order valence-corrected chi connectivity index (χ1v) is 9.19. The van der Waals surface area contributed by atoms with Gasteiger partial charge in [-0.15, -0.1) is 11.3 Å². The molecule has 5 rings (SSSR count). The van der Waals surface area contributed by atoms with Gasteiger partial charge >= 0.3 is 0 Å². The van der Waals surface area contributed by atoms with Gasteiger partial charge in [0.05, 0.1) is 11.9 Å². The molecule has 0 aliphatic heterocycles. The average molecular weight is 355 g/mol. The van der Waals surface area contributed by atoms with E-state index in [1.54, 1.807) is 29.4 Å². The van der Waals surface area contributed by atoms with Crippen LogP contribution in [0.3, 0.4) is 0 Å². The Kier molecular flexibility index (Phi) is 3.12.